The molecule has 0 saturated carbocycles. The molecule has 5 nitrogen and oxygen atoms in total. The van der Waals surface area contributed by atoms with Gasteiger partial charge in [0.15, 0.2) is 0 Å². The Morgan fingerprint density at radius 2 is 1.64 bits per heavy atom. The fraction of sp³-hybridized carbons (Fsp3) is 0.609. The zero-order chi connectivity index (χ0) is 20.4. The number of ether oxygens (including phenoxy) is 1. The molecule has 1 aromatic rings. The molecular formula is C23H33NO4. The zero-order valence-corrected chi connectivity index (χ0v) is 17.5. The number of benzene rings is 1. The Bertz CT molecular complexity index is 709. The molecule has 1 aliphatic carbocycles. The number of hydrogen-bond acceptors (Lipinski definition) is 5. The molecule has 5 heteroatoms. The summed E-state index contributed by atoms with van der Waals surface area (Å²) >= 11 is 0. The summed E-state index contributed by atoms with van der Waals surface area (Å²) in [6.07, 6.45) is 9.39. The van der Waals surface area contributed by atoms with Crippen LogP contribution in [-0.4, -0.2) is 17.7 Å². The van der Waals surface area contributed by atoms with Gasteiger partial charge in [0.25, 0.3) is 0 Å². The summed E-state index contributed by atoms with van der Waals surface area (Å²) in [5.41, 5.74) is 3.90. The van der Waals surface area contributed by atoms with Crippen LogP contribution < -0.4 is 4.74 Å². The van der Waals surface area contributed by atoms with Crippen molar-refractivity contribution >= 4 is 17.7 Å². The van der Waals surface area contributed by atoms with Crippen molar-refractivity contribution in [3.8, 4) is 5.75 Å². The summed E-state index contributed by atoms with van der Waals surface area (Å²) in [6, 6.07) is 3.76. The monoisotopic (exact) mass is 387 g/mol. The molecule has 0 unspecified atom stereocenters. The first-order valence-electron chi connectivity index (χ1n) is 10.7. The molecule has 0 spiro atoms. The van der Waals surface area contributed by atoms with Gasteiger partial charge in [0, 0.05) is 18.4 Å². The van der Waals surface area contributed by atoms with Crippen LogP contribution in [0.1, 0.15) is 94.7 Å². The fourth-order valence-electron chi connectivity index (χ4n) is 3.46. The third kappa shape index (κ3) is 6.47. The zero-order valence-electron chi connectivity index (χ0n) is 17.5. The molecular weight excluding hydrogens is 354 g/mol. The van der Waals surface area contributed by atoms with Gasteiger partial charge in [0.05, 0.1) is 5.71 Å². The predicted molar refractivity (Wildman–Crippen MR) is 111 cm³/mol. The average molecular weight is 388 g/mol. The minimum absolute atomic E-state index is 0.179. The van der Waals surface area contributed by atoms with Crippen LogP contribution in [0.5, 0.6) is 5.75 Å². The Balaban J connectivity index is 2.05. The lowest BCUT2D eigenvalue weighted by atomic mass is 9.87. The Morgan fingerprint density at radius 3 is 2.32 bits per heavy atom. The van der Waals surface area contributed by atoms with Gasteiger partial charge >= 0.3 is 11.9 Å². The van der Waals surface area contributed by atoms with Crippen LogP contribution in [0.2, 0.25) is 0 Å². The molecule has 1 aromatic carbocycles. The highest BCUT2D eigenvalue weighted by Crippen LogP contribution is 2.31. The summed E-state index contributed by atoms with van der Waals surface area (Å²) in [6.45, 7) is 6.19. The van der Waals surface area contributed by atoms with Crippen LogP contribution in [0, 0.1) is 6.92 Å². The van der Waals surface area contributed by atoms with Gasteiger partial charge in [-0.2, -0.15) is 0 Å². The molecule has 154 valence electrons. The third-order valence-electron chi connectivity index (χ3n) is 5.15. The van der Waals surface area contributed by atoms with E-state index in [-0.39, 0.29) is 11.9 Å². The second-order valence-corrected chi connectivity index (χ2v) is 7.46. The van der Waals surface area contributed by atoms with Crippen molar-refractivity contribution in [2.75, 3.05) is 0 Å². The van der Waals surface area contributed by atoms with Gasteiger partial charge in [-0.1, -0.05) is 44.7 Å². The second-order valence-electron chi connectivity index (χ2n) is 7.46. The molecule has 1 aliphatic rings. The molecule has 0 amide bonds. The SMILES string of the molecule is CCCCCC(=O)O/N=C1/CCCc2c1ccc(OC(=O)CCCCC)c2C. The molecule has 0 heterocycles. The van der Waals surface area contributed by atoms with Crippen molar-refractivity contribution in [1.29, 1.82) is 0 Å². The minimum Gasteiger partial charge on any atom is -0.426 e. The predicted octanol–water partition coefficient (Wildman–Crippen LogP) is 5.64. The number of esters is 1. The second kappa shape index (κ2) is 11.6. The number of oxime groups is 1. The maximum Gasteiger partial charge on any atom is 0.335 e. The number of fused-ring (bicyclic) bond motifs is 1. The molecule has 0 atom stereocenters. The van der Waals surface area contributed by atoms with E-state index in [0.29, 0.717) is 18.6 Å². The van der Waals surface area contributed by atoms with E-state index in [0.717, 1.165) is 80.2 Å². The average Bonchev–Trinajstić information content (AvgIpc) is 2.69. The highest BCUT2D eigenvalue weighted by molar-refractivity contribution is 6.03. The maximum atomic E-state index is 12.1. The minimum atomic E-state index is -0.276. The summed E-state index contributed by atoms with van der Waals surface area (Å²) in [5, 5.41) is 4.14. The van der Waals surface area contributed by atoms with E-state index in [2.05, 4.69) is 19.0 Å². The van der Waals surface area contributed by atoms with Gasteiger partial charge in [-0.3, -0.25) is 4.79 Å². The van der Waals surface area contributed by atoms with Gasteiger partial charge < -0.3 is 9.57 Å². The van der Waals surface area contributed by atoms with Crippen molar-refractivity contribution in [1.82, 2.24) is 0 Å². The Labute approximate surface area is 168 Å². The van der Waals surface area contributed by atoms with E-state index in [1.54, 1.807) is 0 Å². The normalized spacial score (nSPS) is 14.6. The molecule has 0 fully saturated rings. The molecule has 0 aliphatic heterocycles. The van der Waals surface area contributed by atoms with Crippen LogP contribution in [0.3, 0.4) is 0 Å². The number of carbonyl (C=O) groups is 2. The topological polar surface area (TPSA) is 65.0 Å². The summed E-state index contributed by atoms with van der Waals surface area (Å²) in [5.74, 6) is 0.169. The van der Waals surface area contributed by atoms with Gasteiger partial charge in [-0.05, 0) is 62.3 Å². The molecule has 0 saturated heterocycles. The van der Waals surface area contributed by atoms with Crippen molar-refractivity contribution < 1.29 is 19.2 Å². The molecule has 28 heavy (non-hydrogen) atoms. The fourth-order valence-corrected chi connectivity index (χ4v) is 3.46. The number of unbranched alkanes of at least 4 members (excludes halogenated alkanes) is 4. The smallest absolute Gasteiger partial charge is 0.335 e. The number of nitrogens with zero attached hydrogens (tertiary/aromatic N) is 1. The van der Waals surface area contributed by atoms with Gasteiger partial charge in [-0.25, -0.2) is 4.79 Å². The maximum absolute atomic E-state index is 12.1. The number of carbonyl (C=O) groups excluding carboxylic acids is 2. The Hall–Kier alpha value is -2.17. The first kappa shape index (κ1) is 22.1. The molecule has 2 rings (SSSR count). The quantitative estimate of drug-likeness (QED) is 0.171. The van der Waals surface area contributed by atoms with Crippen molar-refractivity contribution in [2.24, 2.45) is 5.16 Å². The van der Waals surface area contributed by atoms with Crippen molar-refractivity contribution in [3.63, 3.8) is 0 Å². The molecule has 0 aromatic heterocycles. The largest absolute Gasteiger partial charge is 0.426 e. The van der Waals surface area contributed by atoms with Gasteiger partial charge in [-0.15, -0.1) is 0 Å². The molecule has 0 N–H and O–H groups in total. The van der Waals surface area contributed by atoms with E-state index in [9.17, 15) is 9.59 Å². The first-order valence-corrected chi connectivity index (χ1v) is 10.7. The van der Waals surface area contributed by atoms with Crippen LogP contribution in [0.25, 0.3) is 0 Å². The van der Waals surface area contributed by atoms with Crippen LogP contribution in [0.4, 0.5) is 0 Å². The van der Waals surface area contributed by atoms with Crippen LogP contribution in [0.15, 0.2) is 17.3 Å². The highest BCUT2D eigenvalue weighted by Gasteiger charge is 2.21. The highest BCUT2D eigenvalue weighted by atomic mass is 16.7. The molecule has 0 radical (unpaired) electrons. The first-order chi connectivity index (χ1) is 13.6. The van der Waals surface area contributed by atoms with E-state index in [1.807, 2.05) is 19.1 Å². The summed E-state index contributed by atoms with van der Waals surface area (Å²) in [7, 11) is 0. The number of hydrogen-bond donors (Lipinski definition) is 0. The lowest BCUT2D eigenvalue weighted by Crippen LogP contribution is -2.16. The third-order valence-corrected chi connectivity index (χ3v) is 5.15. The summed E-state index contributed by atoms with van der Waals surface area (Å²) in [4.78, 5) is 29.0. The van der Waals surface area contributed by atoms with Crippen LogP contribution in [-0.2, 0) is 20.8 Å². The lowest BCUT2D eigenvalue weighted by Gasteiger charge is -2.21. The van der Waals surface area contributed by atoms with E-state index < -0.39 is 0 Å². The van der Waals surface area contributed by atoms with E-state index in [1.165, 1.54) is 0 Å². The number of rotatable bonds is 10. The van der Waals surface area contributed by atoms with Crippen molar-refractivity contribution in [3.05, 3.63) is 28.8 Å². The molecule has 0 bridgehead atoms. The van der Waals surface area contributed by atoms with Gasteiger partial charge in [0.1, 0.15) is 5.75 Å². The summed E-state index contributed by atoms with van der Waals surface area (Å²) < 4.78 is 5.58. The van der Waals surface area contributed by atoms with Crippen LogP contribution >= 0.6 is 0 Å². The van der Waals surface area contributed by atoms with E-state index in [4.69, 9.17) is 9.57 Å². The van der Waals surface area contributed by atoms with E-state index >= 15 is 0 Å². The lowest BCUT2D eigenvalue weighted by molar-refractivity contribution is -0.143. The Morgan fingerprint density at radius 1 is 0.964 bits per heavy atom. The standard InChI is InChI=1S/C23H33NO4/c1-4-6-8-13-22(25)27-21-16-15-19-18(17(21)3)11-10-12-20(19)24-28-23(26)14-9-7-5-2/h15-16H,4-14H2,1-3H3/b24-20-. The Kier molecular flexibility index (Phi) is 9.18. The van der Waals surface area contributed by atoms with Crippen molar-refractivity contribution in [2.45, 2.75) is 91.4 Å². The van der Waals surface area contributed by atoms with Gasteiger partial charge in [0.2, 0.25) is 0 Å².